The van der Waals surface area contributed by atoms with Crippen molar-refractivity contribution in [3.63, 3.8) is 0 Å². The third-order valence-electron chi connectivity index (χ3n) is 6.38. The average Bonchev–Trinajstić information content (AvgIpc) is 3.40. The molecule has 0 aromatic rings. The molecular weight excluding hydrogens is 388 g/mol. The highest BCUT2D eigenvalue weighted by Gasteiger charge is 2.60. The van der Waals surface area contributed by atoms with Crippen molar-refractivity contribution in [2.75, 3.05) is 26.4 Å². The van der Waals surface area contributed by atoms with Gasteiger partial charge in [-0.05, 0) is 56.6 Å². The molecule has 0 aromatic carbocycles. The van der Waals surface area contributed by atoms with Crippen LogP contribution in [0.5, 0.6) is 0 Å². The normalized spacial score (nSPS) is 30.4. The molecule has 3 aliphatic carbocycles. The lowest BCUT2D eigenvalue weighted by Gasteiger charge is -2.32. The first kappa shape index (κ1) is 23.1. The summed E-state index contributed by atoms with van der Waals surface area (Å²) in [6.45, 7) is 4.58. The van der Waals surface area contributed by atoms with Crippen molar-refractivity contribution in [2.24, 2.45) is 5.92 Å². The third-order valence-corrected chi connectivity index (χ3v) is 6.38. The lowest BCUT2D eigenvalue weighted by Crippen LogP contribution is -2.35. The van der Waals surface area contributed by atoms with Crippen molar-refractivity contribution in [1.82, 2.24) is 0 Å². The largest absolute Gasteiger partial charge is 0.509 e. The molecule has 4 atom stereocenters. The molecule has 0 saturated carbocycles. The molecule has 7 heteroatoms. The number of ether oxygens (including phenoxy) is 4. The van der Waals surface area contributed by atoms with E-state index in [4.69, 9.17) is 29.2 Å². The molecule has 0 fully saturated rings. The highest BCUT2D eigenvalue weighted by atomic mass is 16.7. The second-order valence-corrected chi connectivity index (χ2v) is 8.21. The van der Waals surface area contributed by atoms with Gasteiger partial charge in [-0.3, -0.25) is 0 Å². The molecule has 0 bridgehead atoms. The standard InChI is InChI=1S/C23H36O7/c1-3-7-16-18(27-14-12-24)9-6-10-19(16)29-22(26)30-23(4-2)17-8-5-11-20(21(17)23)28-15-13-25/h9,16,19-20,24-25H,3-8,10-15H2,1-2H3. The number of hydrogen-bond acceptors (Lipinski definition) is 7. The van der Waals surface area contributed by atoms with Gasteiger partial charge >= 0.3 is 6.16 Å². The summed E-state index contributed by atoms with van der Waals surface area (Å²) in [5, 5.41) is 18.2. The van der Waals surface area contributed by atoms with Gasteiger partial charge < -0.3 is 29.2 Å². The predicted molar refractivity (Wildman–Crippen MR) is 111 cm³/mol. The summed E-state index contributed by atoms with van der Waals surface area (Å²) in [7, 11) is 0. The Morgan fingerprint density at radius 3 is 2.70 bits per heavy atom. The second-order valence-electron chi connectivity index (χ2n) is 8.21. The Kier molecular flexibility index (Phi) is 8.20. The SMILES string of the molecule is CCCC1C(OCCO)=CCCC1OC(=O)OC1(CC)C2=C1C(OCCO)CCC2. The minimum Gasteiger partial charge on any atom is -0.495 e. The van der Waals surface area contributed by atoms with Crippen LogP contribution < -0.4 is 0 Å². The Balaban J connectivity index is 1.62. The van der Waals surface area contributed by atoms with Crippen molar-refractivity contribution in [3.05, 3.63) is 23.0 Å². The number of aliphatic hydroxyl groups excluding tert-OH is 2. The summed E-state index contributed by atoms with van der Waals surface area (Å²) in [6, 6.07) is 0. The Morgan fingerprint density at radius 2 is 2.00 bits per heavy atom. The summed E-state index contributed by atoms with van der Waals surface area (Å²) in [6.07, 6.45) is 7.78. The van der Waals surface area contributed by atoms with E-state index in [2.05, 4.69) is 6.92 Å². The Labute approximate surface area is 179 Å². The van der Waals surface area contributed by atoms with Crippen molar-refractivity contribution < 1.29 is 34.0 Å². The Morgan fingerprint density at radius 1 is 1.20 bits per heavy atom. The number of rotatable bonds is 11. The van der Waals surface area contributed by atoms with Crippen molar-refractivity contribution in [2.45, 2.75) is 83.0 Å². The minimum absolute atomic E-state index is 0.0113. The molecule has 3 aliphatic rings. The van der Waals surface area contributed by atoms with Gasteiger partial charge in [0.2, 0.25) is 0 Å². The van der Waals surface area contributed by atoms with Gasteiger partial charge in [0, 0.05) is 5.57 Å². The summed E-state index contributed by atoms with van der Waals surface area (Å²) < 4.78 is 23.2. The summed E-state index contributed by atoms with van der Waals surface area (Å²) in [4.78, 5) is 12.8. The lowest BCUT2D eigenvalue weighted by molar-refractivity contribution is -0.0378. The molecule has 4 unspecified atom stereocenters. The van der Waals surface area contributed by atoms with Gasteiger partial charge in [0.05, 0.1) is 37.6 Å². The molecule has 0 saturated heterocycles. The average molecular weight is 425 g/mol. The zero-order valence-corrected chi connectivity index (χ0v) is 18.2. The van der Waals surface area contributed by atoms with Gasteiger partial charge in [-0.15, -0.1) is 0 Å². The molecule has 3 rings (SSSR count). The maximum absolute atomic E-state index is 12.8. The van der Waals surface area contributed by atoms with E-state index in [1.807, 2.05) is 13.0 Å². The molecule has 170 valence electrons. The first-order chi connectivity index (χ1) is 14.6. The van der Waals surface area contributed by atoms with E-state index in [0.717, 1.165) is 61.9 Å². The molecule has 0 aliphatic heterocycles. The van der Waals surface area contributed by atoms with E-state index in [9.17, 15) is 4.79 Å². The van der Waals surface area contributed by atoms with E-state index < -0.39 is 11.8 Å². The fourth-order valence-electron chi connectivity index (χ4n) is 5.06. The molecule has 30 heavy (non-hydrogen) atoms. The van der Waals surface area contributed by atoms with Crippen LogP contribution in [0.15, 0.2) is 23.0 Å². The Hall–Kier alpha value is -1.57. The van der Waals surface area contributed by atoms with E-state index in [-0.39, 0.29) is 44.6 Å². The topological polar surface area (TPSA) is 94.5 Å². The fourth-order valence-corrected chi connectivity index (χ4v) is 5.06. The van der Waals surface area contributed by atoms with Crippen LogP contribution in [-0.2, 0) is 18.9 Å². The van der Waals surface area contributed by atoms with Crippen LogP contribution in [0.4, 0.5) is 4.79 Å². The molecule has 0 aromatic heterocycles. The van der Waals surface area contributed by atoms with Crippen molar-refractivity contribution in [3.8, 4) is 0 Å². The smallest absolute Gasteiger partial charge is 0.495 e. The van der Waals surface area contributed by atoms with Crippen LogP contribution in [-0.4, -0.2) is 60.6 Å². The molecule has 2 N–H and O–H groups in total. The van der Waals surface area contributed by atoms with Crippen molar-refractivity contribution >= 4 is 6.16 Å². The highest BCUT2D eigenvalue weighted by molar-refractivity contribution is 5.68. The van der Waals surface area contributed by atoms with Gasteiger partial charge in [0.25, 0.3) is 0 Å². The first-order valence-corrected chi connectivity index (χ1v) is 11.4. The molecule has 7 nitrogen and oxygen atoms in total. The number of aliphatic hydroxyl groups is 2. The van der Waals surface area contributed by atoms with Crippen molar-refractivity contribution in [1.29, 1.82) is 0 Å². The van der Waals surface area contributed by atoms with Gasteiger partial charge in [0.1, 0.15) is 12.7 Å². The number of carbonyl (C=O) groups is 1. The van der Waals surface area contributed by atoms with Gasteiger partial charge in [-0.2, -0.15) is 0 Å². The van der Waals surface area contributed by atoms with Crippen LogP contribution in [0, 0.1) is 5.92 Å². The second kappa shape index (κ2) is 10.6. The molecule has 0 heterocycles. The lowest BCUT2D eigenvalue weighted by atomic mass is 9.87. The van der Waals surface area contributed by atoms with Gasteiger partial charge in [-0.1, -0.05) is 20.3 Å². The number of hydrogen-bond donors (Lipinski definition) is 2. The zero-order valence-electron chi connectivity index (χ0n) is 18.2. The monoisotopic (exact) mass is 424 g/mol. The minimum atomic E-state index is -0.672. The molecule has 0 radical (unpaired) electrons. The van der Waals surface area contributed by atoms with Crippen LogP contribution in [0.25, 0.3) is 0 Å². The van der Waals surface area contributed by atoms with E-state index >= 15 is 0 Å². The molecular formula is C23H36O7. The summed E-state index contributed by atoms with van der Waals surface area (Å²) in [5.41, 5.74) is 1.56. The highest BCUT2D eigenvalue weighted by Crippen LogP contribution is 2.58. The third kappa shape index (κ3) is 4.84. The fraction of sp³-hybridized carbons (Fsp3) is 0.783. The molecule has 0 spiro atoms. The zero-order chi connectivity index (χ0) is 21.6. The predicted octanol–water partition coefficient (Wildman–Crippen LogP) is 3.63. The van der Waals surface area contributed by atoms with E-state index in [1.165, 1.54) is 0 Å². The van der Waals surface area contributed by atoms with Crippen LogP contribution >= 0.6 is 0 Å². The summed E-state index contributed by atoms with van der Waals surface area (Å²) >= 11 is 0. The maximum Gasteiger partial charge on any atom is 0.509 e. The van der Waals surface area contributed by atoms with Gasteiger partial charge in [0.15, 0.2) is 5.60 Å². The Bertz CT molecular complexity index is 656. The number of carbonyl (C=O) groups excluding carboxylic acids is 1. The molecule has 0 amide bonds. The quantitative estimate of drug-likeness (QED) is 0.386. The number of allylic oxidation sites excluding steroid dienone is 1. The van der Waals surface area contributed by atoms with E-state index in [0.29, 0.717) is 6.42 Å². The van der Waals surface area contributed by atoms with Crippen LogP contribution in [0.1, 0.15) is 65.2 Å². The van der Waals surface area contributed by atoms with Crippen LogP contribution in [0.3, 0.4) is 0 Å². The van der Waals surface area contributed by atoms with Crippen LogP contribution in [0.2, 0.25) is 0 Å². The maximum atomic E-state index is 12.8. The van der Waals surface area contributed by atoms with E-state index in [1.54, 1.807) is 0 Å². The first-order valence-electron chi connectivity index (χ1n) is 11.4. The summed E-state index contributed by atoms with van der Waals surface area (Å²) in [5.74, 6) is 0.796. The van der Waals surface area contributed by atoms with Gasteiger partial charge in [-0.25, -0.2) is 4.79 Å².